The van der Waals surface area contributed by atoms with Gasteiger partial charge in [-0.05, 0) is 61.6 Å². The van der Waals surface area contributed by atoms with E-state index in [4.69, 9.17) is 0 Å². The summed E-state index contributed by atoms with van der Waals surface area (Å²) in [5.41, 5.74) is 2.75. The molecule has 2 aliphatic heterocycles. The summed E-state index contributed by atoms with van der Waals surface area (Å²) in [6.07, 6.45) is 7.04. The van der Waals surface area contributed by atoms with E-state index in [1.807, 2.05) is 12.1 Å². The first-order valence-corrected chi connectivity index (χ1v) is 11.4. The molecule has 0 bridgehead atoms. The summed E-state index contributed by atoms with van der Waals surface area (Å²) in [4.78, 5) is 19.5. The molecule has 2 aromatic rings. The Kier molecular flexibility index (Phi) is 4.97. The van der Waals surface area contributed by atoms with Gasteiger partial charge in [0.25, 0.3) is 5.91 Å². The molecule has 0 radical (unpaired) electrons. The van der Waals surface area contributed by atoms with Crippen molar-refractivity contribution >= 4 is 33.1 Å². The minimum atomic E-state index is -3.30. The minimum Gasteiger partial charge on any atom is -0.355 e. The quantitative estimate of drug-likeness (QED) is 0.853. The molecular weight excluding hydrogens is 376 g/mol. The molecule has 1 aromatic carbocycles. The highest BCUT2D eigenvalue weighted by atomic mass is 32.2. The molecule has 1 amide bonds. The van der Waals surface area contributed by atoms with Crippen LogP contribution in [0.5, 0.6) is 0 Å². The molecule has 1 aromatic heterocycles. The Bertz CT molecular complexity index is 1000. The Morgan fingerprint density at radius 1 is 1.11 bits per heavy atom. The van der Waals surface area contributed by atoms with Gasteiger partial charge in [0.15, 0.2) is 5.82 Å². The maximum atomic E-state index is 12.8. The Hall–Kier alpha value is -2.61. The van der Waals surface area contributed by atoms with E-state index < -0.39 is 10.0 Å². The van der Waals surface area contributed by atoms with Crippen molar-refractivity contribution in [3.63, 3.8) is 0 Å². The van der Waals surface area contributed by atoms with Gasteiger partial charge in [-0.1, -0.05) is 0 Å². The predicted octanol–water partition coefficient (Wildman–Crippen LogP) is 2.65. The van der Waals surface area contributed by atoms with Gasteiger partial charge in [-0.15, -0.1) is 0 Å². The molecule has 0 spiro atoms. The lowest BCUT2D eigenvalue weighted by Crippen LogP contribution is -2.31. The summed E-state index contributed by atoms with van der Waals surface area (Å²) in [5, 5.41) is 2.98. The molecule has 0 unspecified atom stereocenters. The van der Waals surface area contributed by atoms with Crippen LogP contribution >= 0.6 is 0 Å². The third kappa shape index (κ3) is 3.69. The smallest absolute Gasteiger partial charge is 0.255 e. The van der Waals surface area contributed by atoms with Crippen molar-refractivity contribution in [2.45, 2.75) is 25.7 Å². The molecule has 7 nitrogen and oxygen atoms in total. The molecule has 28 heavy (non-hydrogen) atoms. The Balaban J connectivity index is 1.56. The number of fused-ring (bicyclic) bond motifs is 1. The van der Waals surface area contributed by atoms with E-state index >= 15 is 0 Å². The number of hydrogen-bond acceptors (Lipinski definition) is 5. The van der Waals surface area contributed by atoms with Gasteiger partial charge in [0.2, 0.25) is 10.0 Å². The molecule has 3 heterocycles. The number of rotatable bonds is 4. The number of nitrogens with one attached hydrogen (secondary N) is 1. The van der Waals surface area contributed by atoms with Gasteiger partial charge in [0.05, 0.1) is 17.6 Å². The average molecular weight is 401 g/mol. The summed E-state index contributed by atoms with van der Waals surface area (Å²) in [6.45, 7) is 2.31. The fourth-order valence-corrected chi connectivity index (χ4v) is 4.86. The molecule has 1 fully saturated rings. The van der Waals surface area contributed by atoms with Gasteiger partial charge in [-0.2, -0.15) is 0 Å². The molecule has 1 N–H and O–H groups in total. The highest BCUT2D eigenvalue weighted by Gasteiger charge is 2.27. The van der Waals surface area contributed by atoms with Gasteiger partial charge in [-0.25, -0.2) is 13.4 Å². The molecule has 0 atom stereocenters. The van der Waals surface area contributed by atoms with E-state index in [0.29, 0.717) is 29.9 Å². The van der Waals surface area contributed by atoms with E-state index in [9.17, 15) is 13.2 Å². The standard InChI is InChI=1S/C20H24N4O3S/c1-28(26,27)24-13-9-15-14-16(7-8-18(15)24)20(25)22-17-6-5-10-21-19(17)23-11-3-2-4-12-23/h5-8,10,14H,2-4,9,11-13H2,1H3,(H,22,25). The van der Waals surface area contributed by atoms with Crippen molar-refractivity contribution in [3.05, 3.63) is 47.7 Å². The Labute approximate surface area is 165 Å². The van der Waals surface area contributed by atoms with E-state index in [1.165, 1.54) is 17.0 Å². The third-order valence-corrected chi connectivity index (χ3v) is 6.47. The molecule has 148 valence electrons. The summed E-state index contributed by atoms with van der Waals surface area (Å²) in [7, 11) is -3.30. The number of carbonyl (C=O) groups is 1. The van der Waals surface area contributed by atoms with Crippen LogP contribution < -0.4 is 14.5 Å². The normalized spacial score (nSPS) is 16.8. The average Bonchev–Trinajstić information content (AvgIpc) is 3.13. The molecular formula is C20H24N4O3S. The maximum Gasteiger partial charge on any atom is 0.255 e. The van der Waals surface area contributed by atoms with Crippen molar-refractivity contribution in [2.75, 3.05) is 40.4 Å². The number of nitrogens with zero attached hydrogens (tertiary/aromatic N) is 3. The lowest BCUT2D eigenvalue weighted by atomic mass is 10.1. The fourth-order valence-electron chi connectivity index (χ4n) is 3.90. The first-order valence-electron chi connectivity index (χ1n) is 9.55. The second kappa shape index (κ2) is 7.43. The fraction of sp³-hybridized carbons (Fsp3) is 0.400. The van der Waals surface area contributed by atoms with Crippen LogP contribution in [0.15, 0.2) is 36.5 Å². The molecule has 2 aliphatic rings. The minimum absolute atomic E-state index is 0.216. The first-order chi connectivity index (χ1) is 13.4. The van der Waals surface area contributed by atoms with Crippen molar-refractivity contribution in [1.29, 1.82) is 0 Å². The SMILES string of the molecule is CS(=O)(=O)N1CCc2cc(C(=O)Nc3cccnc3N3CCCCC3)ccc21. The predicted molar refractivity (Wildman–Crippen MR) is 111 cm³/mol. The van der Waals surface area contributed by atoms with Crippen molar-refractivity contribution in [2.24, 2.45) is 0 Å². The van der Waals surface area contributed by atoms with Gasteiger partial charge < -0.3 is 10.2 Å². The topological polar surface area (TPSA) is 82.6 Å². The van der Waals surface area contributed by atoms with Crippen molar-refractivity contribution in [1.82, 2.24) is 4.98 Å². The summed E-state index contributed by atoms with van der Waals surface area (Å²) in [6, 6.07) is 8.86. The zero-order valence-corrected chi connectivity index (χ0v) is 16.7. The maximum absolute atomic E-state index is 12.8. The lowest BCUT2D eigenvalue weighted by molar-refractivity contribution is 0.102. The molecule has 0 saturated carbocycles. The number of amides is 1. The van der Waals surface area contributed by atoms with Crippen LogP contribution in [0.25, 0.3) is 0 Å². The van der Waals surface area contributed by atoms with Crippen LogP contribution in [-0.2, 0) is 16.4 Å². The van der Waals surface area contributed by atoms with E-state index in [2.05, 4.69) is 15.2 Å². The van der Waals surface area contributed by atoms with Gasteiger partial charge in [0, 0.05) is 31.4 Å². The number of aromatic nitrogens is 1. The molecule has 1 saturated heterocycles. The van der Waals surface area contributed by atoms with Gasteiger partial charge >= 0.3 is 0 Å². The number of pyridine rings is 1. The molecule has 4 rings (SSSR count). The number of sulfonamides is 1. The van der Waals surface area contributed by atoms with Crippen molar-refractivity contribution < 1.29 is 13.2 Å². The molecule has 0 aliphatic carbocycles. The van der Waals surface area contributed by atoms with Crippen LogP contribution in [0, 0.1) is 0 Å². The van der Waals surface area contributed by atoms with E-state index in [1.54, 1.807) is 24.4 Å². The van der Waals surface area contributed by atoms with Crippen LogP contribution in [-0.4, -0.2) is 45.2 Å². The Morgan fingerprint density at radius 2 is 1.89 bits per heavy atom. The second-order valence-corrected chi connectivity index (χ2v) is 9.21. The highest BCUT2D eigenvalue weighted by molar-refractivity contribution is 7.92. The number of piperidine rings is 1. The van der Waals surface area contributed by atoms with Crippen molar-refractivity contribution in [3.8, 4) is 0 Å². The summed E-state index contributed by atoms with van der Waals surface area (Å²) >= 11 is 0. The second-order valence-electron chi connectivity index (χ2n) is 7.31. The van der Waals surface area contributed by atoms with Crippen LogP contribution in [0.1, 0.15) is 35.2 Å². The lowest BCUT2D eigenvalue weighted by Gasteiger charge is -2.29. The van der Waals surface area contributed by atoms with E-state index in [0.717, 1.165) is 37.3 Å². The number of carbonyl (C=O) groups excluding carboxylic acids is 1. The van der Waals surface area contributed by atoms with Gasteiger partial charge in [0.1, 0.15) is 0 Å². The van der Waals surface area contributed by atoms with Crippen LogP contribution in [0.2, 0.25) is 0 Å². The zero-order chi connectivity index (χ0) is 19.7. The number of anilines is 3. The molecule has 8 heteroatoms. The highest BCUT2D eigenvalue weighted by Crippen LogP contribution is 2.31. The van der Waals surface area contributed by atoms with Crippen LogP contribution in [0.4, 0.5) is 17.2 Å². The Morgan fingerprint density at radius 3 is 2.64 bits per heavy atom. The third-order valence-electron chi connectivity index (χ3n) is 5.29. The summed E-state index contributed by atoms with van der Waals surface area (Å²) in [5.74, 6) is 0.590. The zero-order valence-electron chi connectivity index (χ0n) is 15.9. The number of benzene rings is 1. The largest absolute Gasteiger partial charge is 0.355 e. The summed E-state index contributed by atoms with van der Waals surface area (Å²) < 4.78 is 25.1. The van der Waals surface area contributed by atoms with E-state index in [-0.39, 0.29) is 5.91 Å². The van der Waals surface area contributed by atoms with Crippen LogP contribution in [0.3, 0.4) is 0 Å². The number of hydrogen-bond donors (Lipinski definition) is 1. The monoisotopic (exact) mass is 400 g/mol. The van der Waals surface area contributed by atoms with Gasteiger partial charge in [-0.3, -0.25) is 9.10 Å². The first kappa shape index (κ1) is 18.7.